The van der Waals surface area contributed by atoms with Crippen molar-refractivity contribution in [2.75, 3.05) is 0 Å². The number of hydrogen-bond acceptors (Lipinski definition) is 3. The van der Waals surface area contributed by atoms with Crippen molar-refractivity contribution >= 4 is 43.5 Å². The van der Waals surface area contributed by atoms with E-state index in [9.17, 15) is 0 Å². The Hall–Kier alpha value is -4.70. The summed E-state index contributed by atoms with van der Waals surface area (Å²) in [6.45, 7) is 0. The lowest BCUT2D eigenvalue weighted by atomic mass is 10.1. The minimum Gasteiger partial charge on any atom is -0.457 e. The third kappa shape index (κ3) is 2.93. The molecular formula is C30H19N3O. The molecule has 0 saturated heterocycles. The van der Waals surface area contributed by atoms with E-state index >= 15 is 0 Å². The number of rotatable bonds is 3. The first-order valence-corrected chi connectivity index (χ1v) is 11.3. The number of benzene rings is 4. The van der Waals surface area contributed by atoms with E-state index in [0.717, 1.165) is 50.0 Å². The molecular weight excluding hydrogens is 418 g/mol. The molecule has 4 nitrogen and oxygen atoms in total. The average molecular weight is 438 g/mol. The molecule has 34 heavy (non-hydrogen) atoms. The van der Waals surface area contributed by atoms with Crippen LogP contribution in [0.25, 0.3) is 49.3 Å². The molecule has 0 bridgehead atoms. The molecule has 0 unspecified atom stereocenters. The van der Waals surface area contributed by atoms with Gasteiger partial charge in [-0.2, -0.15) is 0 Å². The summed E-state index contributed by atoms with van der Waals surface area (Å²) in [5, 5.41) is 5.71. The van der Waals surface area contributed by atoms with Gasteiger partial charge in [0.2, 0.25) is 0 Å². The van der Waals surface area contributed by atoms with E-state index in [2.05, 4.69) is 81.3 Å². The van der Waals surface area contributed by atoms with E-state index < -0.39 is 0 Å². The lowest BCUT2D eigenvalue weighted by molar-refractivity contribution is 0.484. The number of nitrogens with zero attached hydrogens (tertiary/aromatic N) is 3. The molecule has 0 aliphatic carbocycles. The Morgan fingerprint density at radius 1 is 0.529 bits per heavy atom. The summed E-state index contributed by atoms with van der Waals surface area (Å²) in [7, 11) is 0. The van der Waals surface area contributed by atoms with Crippen LogP contribution in [0.1, 0.15) is 0 Å². The lowest BCUT2D eigenvalue weighted by Gasteiger charge is -2.10. The molecule has 7 rings (SSSR count). The van der Waals surface area contributed by atoms with Crippen molar-refractivity contribution in [1.82, 2.24) is 14.5 Å². The first-order valence-electron chi connectivity index (χ1n) is 11.3. The van der Waals surface area contributed by atoms with Crippen LogP contribution in [0.3, 0.4) is 0 Å². The molecule has 0 spiro atoms. The Labute approximate surface area is 195 Å². The third-order valence-corrected chi connectivity index (χ3v) is 6.32. The largest absolute Gasteiger partial charge is 0.457 e. The summed E-state index contributed by atoms with van der Waals surface area (Å²) in [5.74, 6) is 2.44. The monoisotopic (exact) mass is 437 g/mol. The summed E-state index contributed by atoms with van der Waals surface area (Å²) in [6.07, 6.45) is 3.66. The van der Waals surface area contributed by atoms with Gasteiger partial charge in [0.25, 0.3) is 0 Å². The van der Waals surface area contributed by atoms with E-state index in [0.29, 0.717) is 0 Å². The fraction of sp³-hybridized carbons (Fsp3) is 0. The number of hydrogen-bond donors (Lipinski definition) is 0. The zero-order chi connectivity index (χ0) is 22.5. The Bertz CT molecular complexity index is 1840. The van der Waals surface area contributed by atoms with Gasteiger partial charge in [0, 0.05) is 40.0 Å². The van der Waals surface area contributed by atoms with Crippen LogP contribution in [0.2, 0.25) is 0 Å². The molecule has 0 amide bonds. The van der Waals surface area contributed by atoms with Gasteiger partial charge in [0.15, 0.2) is 0 Å². The number of aromatic nitrogens is 3. The summed E-state index contributed by atoms with van der Waals surface area (Å²) in [6, 6.07) is 35.1. The van der Waals surface area contributed by atoms with E-state index in [1.165, 1.54) is 10.8 Å². The maximum absolute atomic E-state index is 6.37. The normalized spacial score (nSPS) is 11.5. The molecule has 4 heteroatoms. The van der Waals surface area contributed by atoms with Gasteiger partial charge in [-0.05, 0) is 53.9 Å². The van der Waals surface area contributed by atoms with Gasteiger partial charge in [-0.25, -0.2) is 4.98 Å². The molecule has 3 aromatic heterocycles. The molecule has 0 aliphatic rings. The van der Waals surface area contributed by atoms with E-state index in [1.54, 1.807) is 0 Å². The summed E-state index contributed by atoms with van der Waals surface area (Å²) in [5.41, 5.74) is 3.16. The van der Waals surface area contributed by atoms with E-state index in [1.807, 2.05) is 48.8 Å². The molecule has 0 aliphatic heterocycles. The summed E-state index contributed by atoms with van der Waals surface area (Å²) < 4.78 is 8.56. The van der Waals surface area contributed by atoms with Gasteiger partial charge < -0.3 is 4.74 Å². The van der Waals surface area contributed by atoms with Crippen molar-refractivity contribution < 1.29 is 4.74 Å². The van der Waals surface area contributed by atoms with Crippen LogP contribution in [-0.2, 0) is 0 Å². The van der Waals surface area contributed by atoms with Crippen molar-refractivity contribution in [1.29, 1.82) is 0 Å². The molecule has 0 saturated carbocycles. The van der Waals surface area contributed by atoms with Gasteiger partial charge in [0.05, 0.1) is 16.6 Å². The highest BCUT2D eigenvalue weighted by molar-refractivity contribution is 6.09. The van der Waals surface area contributed by atoms with Crippen molar-refractivity contribution in [3.8, 4) is 17.3 Å². The van der Waals surface area contributed by atoms with Crippen molar-refractivity contribution in [3.63, 3.8) is 0 Å². The zero-order valence-electron chi connectivity index (χ0n) is 18.2. The predicted octanol–water partition coefficient (Wildman–Crippen LogP) is 7.67. The Balaban J connectivity index is 1.39. The van der Waals surface area contributed by atoms with Gasteiger partial charge in [-0.15, -0.1) is 0 Å². The second-order valence-corrected chi connectivity index (χ2v) is 8.35. The lowest BCUT2D eigenvalue weighted by Crippen LogP contribution is -1.96. The van der Waals surface area contributed by atoms with E-state index in [-0.39, 0.29) is 0 Å². The van der Waals surface area contributed by atoms with Crippen LogP contribution in [0.4, 0.5) is 0 Å². The van der Waals surface area contributed by atoms with Crippen LogP contribution in [0.5, 0.6) is 11.5 Å². The minimum atomic E-state index is 0.778. The SMILES string of the molecule is c1ccc(-n2c3ccccc3c3ccc(Oc4ccc5ccc6cccnc6c5c4)cc32)nc1. The molecule has 0 N–H and O–H groups in total. The van der Waals surface area contributed by atoms with Crippen LogP contribution in [0.15, 0.2) is 116 Å². The number of para-hydroxylation sites is 1. The molecule has 0 atom stereocenters. The fourth-order valence-electron chi connectivity index (χ4n) is 4.79. The topological polar surface area (TPSA) is 39.9 Å². The maximum Gasteiger partial charge on any atom is 0.137 e. The molecule has 160 valence electrons. The summed E-state index contributed by atoms with van der Waals surface area (Å²) >= 11 is 0. The van der Waals surface area contributed by atoms with Crippen LogP contribution in [0, 0.1) is 0 Å². The highest BCUT2D eigenvalue weighted by atomic mass is 16.5. The van der Waals surface area contributed by atoms with Gasteiger partial charge >= 0.3 is 0 Å². The van der Waals surface area contributed by atoms with Gasteiger partial charge in [-0.1, -0.05) is 48.5 Å². The quantitative estimate of drug-likeness (QED) is 0.266. The number of pyridine rings is 2. The fourth-order valence-corrected chi connectivity index (χ4v) is 4.79. The second-order valence-electron chi connectivity index (χ2n) is 8.35. The maximum atomic E-state index is 6.37. The predicted molar refractivity (Wildman–Crippen MR) is 138 cm³/mol. The molecule has 3 heterocycles. The standard InChI is InChI=1S/C30H19N3O/c1-2-8-27-24(7-1)25-15-14-23(19-28(25)33(27)29-9-3-4-16-31-29)34-22-13-12-20-10-11-21-6-5-17-32-30(21)26(20)18-22/h1-19H. The van der Waals surface area contributed by atoms with Gasteiger partial charge in [-0.3, -0.25) is 9.55 Å². The van der Waals surface area contributed by atoms with Crippen LogP contribution in [-0.4, -0.2) is 14.5 Å². The Morgan fingerprint density at radius 3 is 2.24 bits per heavy atom. The van der Waals surface area contributed by atoms with Crippen LogP contribution >= 0.6 is 0 Å². The molecule has 0 fully saturated rings. The summed E-state index contributed by atoms with van der Waals surface area (Å²) in [4.78, 5) is 9.22. The molecule has 4 aromatic carbocycles. The van der Waals surface area contributed by atoms with Crippen molar-refractivity contribution in [2.45, 2.75) is 0 Å². The van der Waals surface area contributed by atoms with Crippen molar-refractivity contribution in [3.05, 3.63) is 116 Å². The van der Waals surface area contributed by atoms with Crippen LogP contribution < -0.4 is 4.74 Å². The zero-order valence-corrected chi connectivity index (χ0v) is 18.2. The smallest absolute Gasteiger partial charge is 0.137 e. The average Bonchev–Trinajstić information content (AvgIpc) is 3.23. The highest BCUT2D eigenvalue weighted by Gasteiger charge is 2.14. The Kier molecular flexibility index (Phi) is 4.11. The highest BCUT2D eigenvalue weighted by Crippen LogP contribution is 2.35. The number of ether oxygens (including phenoxy) is 1. The van der Waals surface area contributed by atoms with Gasteiger partial charge in [0.1, 0.15) is 17.3 Å². The number of fused-ring (bicyclic) bond motifs is 6. The van der Waals surface area contributed by atoms with Crippen molar-refractivity contribution in [2.24, 2.45) is 0 Å². The first kappa shape index (κ1) is 18.8. The second kappa shape index (κ2) is 7.42. The van der Waals surface area contributed by atoms with E-state index in [4.69, 9.17) is 4.74 Å². The first-order chi connectivity index (χ1) is 16.8. The molecule has 7 aromatic rings. The molecule has 0 radical (unpaired) electrons. The Morgan fingerprint density at radius 2 is 1.29 bits per heavy atom. The third-order valence-electron chi connectivity index (χ3n) is 6.32. The minimum absolute atomic E-state index is 0.778.